The number of amides is 1. The average molecular weight is 232 g/mol. The number of rotatable bonds is 3. The minimum Gasteiger partial charge on any atom is -0.505 e. The maximum Gasteiger partial charge on any atom is 0.276 e. The Morgan fingerprint density at radius 2 is 2.41 bits per heavy atom. The van der Waals surface area contributed by atoms with Crippen LogP contribution in [0.3, 0.4) is 0 Å². The van der Waals surface area contributed by atoms with Gasteiger partial charge in [0.1, 0.15) is 5.75 Å². The molecule has 2 rings (SSSR count). The van der Waals surface area contributed by atoms with Gasteiger partial charge >= 0.3 is 0 Å². The van der Waals surface area contributed by atoms with Crippen LogP contribution in [0.4, 0.5) is 0 Å². The van der Waals surface area contributed by atoms with E-state index in [-0.39, 0.29) is 17.4 Å². The summed E-state index contributed by atoms with van der Waals surface area (Å²) in [5, 5.41) is 16.0. The van der Waals surface area contributed by atoms with Gasteiger partial charge in [0.25, 0.3) is 5.91 Å². The van der Waals surface area contributed by atoms with Gasteiger partial charge in [-0.25, -0.2) is 4.98 Å². The van der Waals surface area contributed by atoms with E-state index in [9.17, 15) is 9.90 Å². The third kappa shape index (κ3) is 2.41. The lowest BCUT2D eigenvalue weighted by Gasteiger charge is -2.15. The summed E-state index contributed by atoms with van der Waals surface area (Å²) in [4.78, 5) is 17.3. The predicted octanol–water partition coefficient (Wildman–Crippen LogP) is 0.783. The molecule has 0 unspecified atom stereocenters. The molecule has 2 aromatic rings. The van der Waals surface area contributed by atoms with Gasteiger partial charge in [0.05, 0.1) is 6.20 Å². The number of carbonyl (C=O) groups excluding carboxylic acids is 1. The van der Waals surface area contributed by atoms with Crippen LogP contribution in [-0.4, -0.2) is 38.1 Å². The number of nitrogens with zero attached hydrogens (tertiary/aromatic N) is 3. The molecule has 0 aliphatic rings. The van der Waals surface area contributed by atoms with Gasteiger partial charge in [-0.2, -0.15) is 5.10 Å². The third-order valence-electron chi connectivity index (χ3n) is 2.31. The Morgan fingerprint density at radius 3 is 3.06 bits per heavy atom. The summed E-state index contributed by atoms with van der Waals surface area (Å²) < 4.78 is 0. The van der Waals surface area contributed by atoms with Gasteiger partial charge in [-0.3, -0.25) is 9.89 Å². The lowest BCUT2D eigenvalue weighted by Crippen LogP contribution is -2.26. The fraction of sp³-hybridized carbons (Fsp3) is 0.182. The number of hydrogen-bond donors (Lipinski definition) is 2. The van der Waals surface area contributed by atoms with Gasteiger partial charge in [-0.15, -0.1) is 0 Å². The van der Waals surface area contributed by atoms with Crippen molar-refractivity contribution in [3.8, 4) is 5.75 Å². The third-order valence-corrected chi connectivity index (χ3v) is 2.31. The van der Waals surface area contributed by atoms with E-state index in [4.69, 9.17) is 0 Å². The topological polar surface area (TPSA) is 82.1 Å². The first-order valence-electron chi connectivity index (χ1n) is 5.05. The van der Waals surface area contributed by atoms with Gasteiger partial charge in [0.2, 0.25) is 0 Å². The van der Waals surface area contributed by atoms with Crippen molar-refractivity contribution in [3.63, 3.8) is 0 Å². The molecule has 2 aromatic heterocycles. The molecule has 88 valence electrons. The normalized spacial score (nSPS) is 10.2. The summed E-state index contributed by atoms with van der Waals surface area (Å²) >= 11 is 0. The molecule has 1 amide bonds. The molecule has 0 saturated heterocycles. The average Bonchev–Trinajstić information content (AvgIpc) is 2.81. The van der Waals surface area contributed by atoms with Crippen LogP contribution in [0, 0.1) is 0 Å². The Labute approximate surface area is 97.9 Å². The zero-order valence-electron chi connectivity index (χ0n) is 9.29. The molecular formula is C11H12N4O2. The van der Waals surface area contributed by atoms with E-state index >= 15 is 0 Å². The van der Waals surface area contributed by atoms with Gasteiger partial charge in [-0.05, 0) is 12.1 Å². The molecule has 6 nitrogen and oxygen atoms in total. The molecule has 17 heavy (non-hydrogen) atoms. The first-order valence-corrected chi connectivity index (χ1v) is 5.05. The lowest BCUT2D eigenvalue weighted by atomic mass is 10.2. The molecule has 0 aliphatic heterocycles. The zero-order valence-corrected chi connectivity index (χ0v) is 9.29. The number of pyridine rings is 1. The molecule has 0 aliphatic carbocycles. The van der Waals surface area contributed by atoms with Crippen molar-refractivity contribution in [2.24, 2.45) is 0 Å². The number of hydrogen-bond acceptors (Lipinski definition) is 4. The van der Waals surface area contributed by atoms with Gasteiger partial charge in [0, 0.05) is 31.5 Å². The van der Waals surface area contributed by atoms with Crippen LogP contribution in [0.15, 0.2) is 30.7 Å². The first kappa shape index (κ1) is 11.1. The summed E-state index contributed by atoms with van der Waals surface area (Å²) in [6.45, 7) is 0.408. The standard InChI is InChI=1S/C11H12N4O2/c1-15(7-8-5-13-14-6-8)11(17)10-9(16)3-2-4-12-10/h2-6,16H,7H2,1H3,(H,13,14). The van der Waals surface area contributed by atoms with Crippen LogP contribution < -0.4 is 0 Å². The fourth-order valence-corrected chi connectivity index (χ4v) is 1.45. The molecule has 0 spiro atoms. The van der Waals surface area contributed by atoms with Gasteiger partial charge < -0.3 is 10.0 Å². The van der Waals surface area contributed by atoms with Crippen molar-refractivity contribution in [1.29, 1.82) is 0 Å². The summed E-state index contributed by atoms with van der Waals surface area (Å²) in [7, 11) is 1.64. The van der Waals surface area contributed by atoms with Crippen molar-refractivity contribution in [2.45, 2.75) is 6.54 Å². The second-order valence-corrected chi connectivity index (χ2v) is 3.64. The minimum atomic E-state index is -0.329. The number of H-pyrrole nitrogens is 1. The Morgan fingerprint density at radius 1 is 1.59 bits per heavy atom. The highest BCUT2D eigenvalue weighted by molar-refractivity contribution is 5.94. The summed E-state index contributed by atoms with van der Waals surface area (Å²) in [6, 6.07) is 3.01. The molecule has 0 aromatic carbocycles. The van der Waals surface area contributed by atoms with Crippen LogP contribution in [0.25, 0.3) is 0 Å². The van der Waals surface area contributed by atoms with E-state index in [2.05, 4.69) is 15.2 Å². The smallest absolute Gasteiger partial charge is 0.276 e. The molecule has 2 heterocycles. The van der Waals surface area contributed by atoms with Crippen molar-refractivity contribution in [3.05, 3.63) is 42.0 Å². The van der Waals surface area contributed by atoms with E-state index in [0.29, 0.717) is 6.54 Å². The Hall–Kier alpha value is -2.37. The highest BCUT2D eigenvalue weighted by Crippen LogP contribution is 2.15. The Bertz CT molecular complexity index is 510. The Balaban J connectivity index is 2.13. The molecule has 6 heteroatoms. The largest absolute Gasteiger partial charge is 0.505 e. The first-order chi connectivity index (χ1) is 8.18. The second-order valence-electron chi connectivity index (χ2n) is 3.64. The monoisotopic (exact) mass is 232 g/mol. The highest BCUT2D eigenvalue weighted by Gasteiger charge is 2.17. The summed E-state index contributed by atoms with van der Waals surface area (Å²) in [5.41, 5.74) is 0.940. The van der Waals surface area contributed by atoms with Crippen molar-refractivity contribution in [2.75, 3.05) is 7.05 Å². The predicted molar refractivity (Wildman–Crippen MR) is 60.3 cm³/mol. The number of aromatic hydroxyl groups is 1. The SMILES string of the molecule is CN(Cc1cn[nH]c1)C(=O)c1ncccc1O. The number of carbonyl (C=O) groups is 1. The molecular weight excluding hydrogens is 220 g/mol. The van der Waals surface area contributed by atoms with Crippen LogP contribution in [0.2, 0.25) is 0 Å². The van der Waals surface area contributed by atoms with E-state index in [1.165, 1.54) is 17.2 Å². The van der Waals surface area contributed by atoms with Crippen LogP contribution in [0.1, 0.15) is 16.1 Å². The molecule has 0 radical (unpaired) electrons. The van der Waals surface area contributed by atoms with E-state index in [1.807, 2.05) is 0 Å². The second kappa shape index (κ2) is 4.65. The summed E-state index contributed by atoms with van der Waals surface area (Å²) in [6.07, 6.45) is 4.82. The van der Waals surface area contributed by atoms with Crippen molar-refractivity contribution in [1.82, 2.24) is 20.1 Å². The zero-order chi connectivity index (χ0) is 12.3. The lowest BCUT2D eigenvalue weighted by molar-refractivity contribution is 0.0776. The molecule has 0 bridgehead atoms. The van der Waals surface area contributed by atoms with Crippen LogP contribution >= 0.6 is 0 Å². The molecule has 0 saturated carbocycles. The maximum atomic E-state index is 12.0. The van der Waals surface area contributed by atoms with Gasteiger partial charge in [-0.1, -0.05) is 0 Å². The van der Waals surface area contributed by atoms with Crippen LogP contribution in [0.5, 0.6) is 5.75 Å². The molecule has 2 N–H and O–H groups in total. The molecule has 0 fully saturated rings. The van der Waals surface area contributed by atoms with Gasteiger partial charge in [0.15, 0.2) is 5.69 Å². The van der Waals surface area contributed by atoms with Crippen molar-refractivity contribution >= 4 is 5.91 Å². The Kier molecular flexibility index (Phi) is 3.04. The number of nitrogens with one attached hydrogen (secondary N) is 1. The minimum absolute atomic E-state index is 0.0542. The van der Waals surface area contributed by atoms with Crippen molar-refractivity contribution < 1.29 is 9.90 Å². The van der Waals surface area contributed by atoms with E-state index < -0.39 is 0 Å². The van der Waals surface area contributed by atoms with Crippen LogP contribution in [-0.2, 0) is 6.54 Å². The highest BCUT2D eigenvalue weighted by atomic mass is 16.3. The maximum absolute atomic E-state index is 12.0. The van der Waals surface area contributed by atoms with E-state index in [0.717, 1.165) is 5.56 Å². The number of aromatic amines is 1. The summed E-state index contributed by atoms with van der Waals surface area (Å²) in [5.74, 6) is -0.444. The molecule has 0 atom stereocenters. The number of aromatic nitrogens is 3. The van der Waals surface area contributed by atoms with E-state index in [1.54, 1.807) is 25.5 Å². The fourth-order valence-electron chi connectivity index (χ4n) is 1.45. The quantitative estimate of drug-likeness (QED) is 0.819.